The molecule has 9 heterocycles. The number of fused-ring (bicyclic) bond motifs is 9. The topological polar surface area (TPSA) is 397 Å². The fourth-order valence-electron chi connectivity index (χ4n) is 12.3. The van der Waals surface area contributed by atoms with E-state index in [1.807, 2.05) is 53.2 Å². The van der Waals surface area contributed by atoms with Crippen LogP contribution in [-0.4, -0.2) is 152 Å². The third kappa shape index (κ3) is 17.3. The molecule has 8 aromatic rings. The Labute approximate surface area is 583 Å². The highest BCUT2D eigenvalue weighted by Gasteiger charge is 2.55. The van der Waals surface area contributed by atoms with E-state index in [2.05, 4.69) is 62.7 Å². The van der Waals surface area contributed by atoms with Gasteiger partial charge in [-0.25, -0.2) is 52.5 Å². The number of ether oxygens (including phenoxy) is 2. The lowest BCUT2D eigenvalue weighted by atomic mass is 9.95. The number of amides is 4. The highest BCUT2D eigenvalue weighted by Crippen LogP contribution is 2.65. The monoisotopic (exact) mass is 1470 g/mol. The van der Waals surface area contributed by atoms with E-state index in [9.17, 15) is 28.6 Å². The molecule has 8 N–H and O–H groups in total. The molecule has 4 aliphatic rings. The Kier molecular flexibility index (Phi) is 23.9. The number of alkyl halides is 2. The molecule has 4 amide bonds. The number of nitrogen functional groups attached to an aromatic ring is 2. The first kappa shape index (κ1) is 72.5. The van der Waals surface area contributed by atoms with Gasteiger partial charge in [0.25, 0.3) is 0 Å². The van der Waals surface area contributed by atoms with Gasteiger partial charge in [-0.1, -0.05) is 85.7 Å². The maximum Gasteiger partial charge on any atom is 0.390 e. The lowest BCUT2D eigenvalue weighted by molar-refractivity contribution is -0.124. The molecule has 536 valence electrons. The van der Waals surface area contributed by atoms with Gasteiger partial charge in [0.05, 0.1) is 50.3 Å². The number of nitrogens with two attached hydrogens (primary N) is 2. The number of unbranched alkanes of at least 4 members (excludes halogenated alkanes) is 6. The van der Waals surface area contributed by atoms with Crippen LogP contribution >= 0.6 is 34.8 Å². The van der Waals surface area contributed by atoms with Crippen LogP contribution in [0.2, 0.25) is 0 Å². The molecule has 0 radical (unpaired) electrons. The molecule has 0 aliphatic carbocycles. The number of imidazole rings is 2. The van der Waals surface area contributed by atoms with E-state index < -0.39 is 90.9 Å². The minimum atomic E-state index is -4.65. The van der Waals surface area contributed by atoms with E-state index in [0.717, 1.165) is 60.7 Å². The minimum Gasteiger partial charge on any atom is -0.428 e. The first-order valence-corrected chi connectivity index (χ1v) is 38.9. The predicted molar refractivity (Wildman–Crippen MR) is 371 cm³/mol. The molecule has 0 bridgehead atoms. The number of hydrogen-bond donors (Lipinski definition) is 6. The highest BCUT2D eigenvalue weighted by molar-refractivity contribution is 8.54. The van der Waals surface area contributed by atoms with Crippen molar-refractivity contribution in [2.75, 3.05) is 54.7 Å². The molecule has 0 saturated carbocycles. The number of carbonyl (C=O) groups excluding carboxylic acids is 4. The van der Waals surface area contributed by atoms with E-state index in [-0.39, 0.29) is 76.8 Å². The Morgan fingerprint density at radius 1 is 0.772 bits per heavy atom. The van der Waals surface area contributed by atoms with Gasteiger partial charge >= 0.3 is 15.1 Å². The zero-order chi connectivity index (χ0) is 70.7. The third-order valence-corrected chi connectivity index (χ3v) is 22.4. The summed E-state index contributed by atoms with van der Waals surface area (Å²) in [5.74, 6) is -1.46. The molecule has 0 spiro atoms. The van der Waals surface area contributed by atoms with Crippen molar-refractivity contribution >= 4 is 104 Å². The predicted octanol–water partition coefficient (Wildman–Crippen LogP) is 9.34. The first-order valence-electron chi connectivity index (χ1n) is 32.9. The Bertz CT molecular complexity index is 4370. The van der Waals surface area contributed by atoms with Crippen molar-refractivity contribution in [2.45, 2.75) is 145 Å². The van der Waals surface area contributed by atoms with Crippen LogP contribution < -0.4 is 32.3 Å². The zero-order valence-electron chi connectivity index (χ0n) is 54.8. The van der Waals surface area contributed by atoms with Crippen molar-refractivity contribution in [3.63, 3.8) is 0 Å². The molecule has 11 atom stereocenters. The number of aryl methyl sites for hydroxylation is 1. The largest absolute Gasteiger partial charge is 0.428 e. The zero-order valence-corrected chi connectivity index (χ0v) is 58.4. The van der Waals surface area contributed by atoms with Crippen molar-refractivity contribution in [3.8, 4) is 22.5 Å². The molecule has 37 heteroatoms. The van der Waals surface area contributed by atoms with Crippen molar-refractivity contribution in [3.05, 3.63) is 122 Å². The molecule has 4 aliphatic heterocycles. The average Bonchev–Trinajstić information content (AvgIpc) is 1.68. The van der Waals surface area contributed by atoms with Gasteiger partial charge in [-0.3, -0.25) is 41.9 Å². The molecular formula is C64H76F2N17O14P3S. The summed E-state index contributed by atoms with van der Waals surface area (Å²) >= 11 is 0.651. The molecular weight excluding hydrogens is 1390 g/mol. The van der Waals surface area contributed by atoms with Crippen LogP contribution in [0, 0.1) is 0 Å². The van der Waals surface area contributed by atoms with Gasteiger partial charge in [0.15, 0.2) is 56.1 Å². The van der Waals surface area contributed by atoms with E-state index in [4.69, 9.17) is 43.6 Å². The van der Waals surface area contributed by atoms with Crippen LogP contribution in [0.3, 0.4) is 0 Å². The molecule has 3 aromatic carbocycles. The number of benzene rings is 3. The highest BCUT2D eigenvalue weighted by atomic mass is 32.7. The van der Waals surface area contributed by atoms with Gasteiger partial charge in [-0.2, -0.15) is 0 Å². The van der Waals surface area contributed by atoms with Gasteiger partial charge in [-0.15, -0.1) is 5.10 Å². The maximum atomic E-state index is 17.1. The fourth-order valence-corrected chi connectivity index (χ4v) is 16.9. The number of hydrogen-bond acceptors (Lipinski definition) is 25. The van der Waals surface area contributed by atoms with Crippen LogP contribution in [0.1, 0.15) is 101 Å². The number of nitrogens with zero attached hydrogens (tertiary/aromatic N) is 12. The second kappa shape index (κ2) is 33.2. The summed E-state index contributed by atoms with van der Waals surface area (Å²) in [5, 5.41) is 17.7. The van der Waals surface area contributed by atoms with Gasteiger partial charge in [0, 0.05) is 61.6 Å². The quantitative estimate of drug-likeness (QED) is 0.0206. The van der Waals surface area contributed by atoms with Crippen LogP contribution in [0.25, 0.3) is 44.8 Å². The third-order valence-electron chi connectivity index (χ3n) is 17.3. The SMILES string of the molecule is C=C1O[PH](=O)O[C@H]2[C@@H](F)[C@H](n3cnc4c(N)ncnc43)O[C@@H]2COP(=O)(SCc2ccc(NC(=O)CNC(=O)CCCCCn3nnc4c3-c3ccccc3CN(C(=O)CCCCC(=O)NCCCCCCOP(C)O)c3ccccc3-4)cc2)O[C@H]2[C@@H](F)[C@H](n3cnc4c(N)ncnc43)O[C@H]12. The molecule has 3 unspecified atom stereocenters. The van der Waals surface area contributed by atoms with E-state index in [1.54, 1.807) is 35.8 Å². The number of rotatable bonds is 27. The van der Waals surface area contributed by atoms with E-state index in [1.165, 1.54) is 21.8 Å². The number of nitrogens with one attached hydrogen (secondary N) is 3. The molecule has 5 aromatic heterocycles. The van der Waals surface area contributed by atoms with Crippen LogP contribution in [0.4, 0.5) is 31.8 Å². The van der Waals surface area contributed by atoms with Crippen LogP contribution in [0.5, 0.6) is 0 Å². The van der Waals surface area contributed by atoms with Crippen LogP contribution in [0.15, 0.2) is 110 Å². The molecule has 3 saturated heterocycles. The lowest BCUT2D eigenvalue weighted by Crippen LogP contribution is -2.35. The molecule has 12 rings (SSSR count). The first-order chi connectivity index (χ1) is 48.9. The van der Waals surface area contributed by atoms with E-state index in [0.29, 0.717) is 98.8 Å². The summed E-state index contributed by atoms with van der Waals surface area (Å²) in [4.78, 5) is 88.6. The number of halogens is 2. The average molecular weight is 1470 g/mol. The summed E-state index contributed by atoms with van der Waals surface area (Å²) in [7, 11) is -5.07. The fraction of sp³-hybridized carbons (Fsp3) is 0.438. The summed E-state index contributed by atoms with van der Waals surface area (Å²) < 4.78 is 108. The Morgan fingerprint density at radius 3 is 2.15 bits per heavy atom. The smallest absolute Gasteiger partial charge is 0.390 e. The lowest BCUT2D eigenvalue weighted by Gasteiger charge is -2.28. The van der Waals surface area contributed by atoms with Gasteiger partial charge in [0.1, 0.15) is 59.6 Å². The summed E-state index contributed by atoms with van der Waals surface area (Å²) in [6.07, 6.45) is -1.85. The van der Waals surface area contributed by atoms with Gasteiger partial charge in [0.2, 0.25) is 23.6 Å². The van der Waals surface area contributed by atoms with Crippen molar-refractivity contribution in [1.29, 1.82) is 0 Å². The minimum absolute atomic E-state index is 0.00110. The second-order valence-electron chi connectivity index (χ2n) is 24.3. The van der Waals surface area contributed by atoms with Gasteiger partial charge < -0.3 is 55.7 Å². The van der Waals surface area contributed by atoms with E-state index >= 15 is 13.3 Å². The number of para-hydroxylation sites is 1. The Balaban J connectivity index is 0.624. The maximum absolute atomic E-state index is 17.1. The number of aromatic nitrogens is 11. The second-order valence-corrected chi connectivity index (χ2v) is 30.5. The van der Waals surface area contributed by atoms with Crippen LogP contribution in [-0.2, 0) is 79.2 Å². The van der Waals surface area contributed by atoms with Crippen molar-refractivity contribution in [1.82, 2.24) is 64.7 Å². The summed E-state index contributed by atoms with van der Waals surface area (Å²) in [5.41, 5.74) is 18.2. The molecule has 3 fully saturated rings. The van der Waals surface area contributed by atoms with Crippen molar-refractivity contribution in [2.24, 2.45) is 0 Å². The number of carbonyl (C=O) groups is 4. The summed E-state index contributed by atoms with van der Waals surface area (Å²) in [6.45, 7) is 1.76. The van der Waals surface area contributed by atoms with Gasteiger partial charge in [-0.05, 0) is 79.2 Å². The normalized spacial score (nSPS) is 23.0. The Morgan fingerprint density at radius 2 is 1.42 bits per heavy atom. The standard InChI is InChI=1S/C64H76F2N17O14P3S/c1-38-56-58(51(66)64(94-56)82-37-76-54-60(68)72-35-74-62(54)82)97-100(90,92-32-45-57(96-99(89)95-38)50(65)63(93-45)81-36-75-53-59(67)71-34-73-61(53)81)101-33-39-23-25-41(26-24-39)77-48(86)30-70-47(85)20-6-5-14-28-83-55-42-17-8-7-16-40(42)31-80(44-19-10-9-18-43(44)52(55)78-79-83)49(87)22-12-11-21-46(84)69-27-13-3-4-15-29-91-98(2)88/h7-10,16-19,23-26,34-37,45,50-51,56-58,63-64,88,99H,1,3-6,11-15,20-22,27-33H2,2H3,(H,69,84)(H,70,85)(H,77,86)(H2,67,71,73)(H2,68,72,74)/t45-,50-,51-,56-,57-,58+,63-,64-,98?,100?/m1/s1. The molecule has 31 nitrogen and oxygen atoms in total. The number of anilines is 4. The van der Waals surface area contributed by atoms with Crippen molar-refractivity contribution < 1.29 is 74.1 Å². The Hall–Kier alpha value is -8.26. The summed E-state index contributed by atoms with van der Waals surface area (Å²) in [6, 6.07) is 22.0. The molecule has 101 heavy (non-hydrogen) atoms.